The van der Waals surface area contributed by atoms with Gasteiger partial charge < -0.3 is 15.0 Å². The van der Waals surface area contributed by atoms with Crippen molar-refractivity contribution >= 4 is 12.4 Å². The van der Waals surface area contributed by atoms with Gasteiger partial charge in [0, 0.05) is 26.3 Å². The first kappa shape index (κ1) is 15.6. The van der Waals surface area contributed by atoms with E-state index in [1.165, 1.54) is 64.8 Å². The van der Waals surface area contributed by atoms with Gasteiger partial charge in [0.15, 0.2) is 0 Å². The molecule has 0 aromatic heterocycles. The summed E-state index contributed by atoms with van der Waals surface area (Å²) in [6.45, 7) is 8.55. The molecule has 0 radical (unpaired) electrons. The van der Waals surface area contributed by atoms with Gasteiger partial charge in [-0.05, 0) is 69.5 Å². The topological polar surface area (TPSA) is 24.5 Å². The number of piperidine rings is 1. The maximum Gasteiger partial charge on any atom is 0.0468 e. The molecule has 2 atom stereocenters. The maximum atomic E-state index is 5.49. The van der Waals surface area contributed by atoms with Gasteiger partial charge in [-0.25, -0.2) is 0 Å². The standard InChI is InChI=1S/C15H28N2O.ClH/c1-2-13(10-16-6-1)11-17-7-3-15(12-17)14-4-8-18-9-5-14;/h13-16H,1-12H2;1H. The summed E-state index contributed by atoms with van der Waals surface area (Å²) in [5, 5.41) is 3.54. The monoisotopic (exact) mass is 288 g/mol. The van der Waals surface area contributed by atoms with Gasteiger partial charge >= 0.3 is 0 Å². The fraction of sp³-hybridized carbons (Fsp3) is 1.00. The van der Waals surface area contributed by atoms with Crippen molar-refractivity contribution in [3.8, 4) is 0 Å². The average molecular weight is 289 g/mol. The molecule has 3 aliphatic heterocycles. The van der Waals surface area contributed by atoms with Crippen LogP contribution in [0.1, 0.15) is 32.1 Å². The Hall–Kier alpha value is 0.170. The highest BCUT2D eigenvalue weighted by molar-refractivity contribution is 5.85. The molecular formula is C15H29ClN2O. The Balaban J connectivity index is 0.00000133. The summed E-state index contributed by atoms with van der Waals surface area (Å²) in [4.78, 5) is 2.73. The van der Waals surface area contributed by atoms with Crippen molar-refractivity contribution in [1.82, 2.24) is 10.2 Å². The summed E-state index contributed by atoms with van der Waals surface area (Å²) in [6.07, 6.45) is 6.87. The van der Waals surface area contributed by atoms with Crippen molar-refractivity contribution in [3.05, 3.63) is 0 Å². The maximum absolute atomic E-state index is 5.49. The number of hydrogen-bond acceptors (Lipinski definition) is 3. The second-order valence-electron chi connectivity index (χ2n) is 6.47. The van der Waals surface area contributed by atoms with E-state index in [4.69, 9.17) is 4.74 Å². The Morgan fingerprint density at radius 1 is 1.05 bits per heavy atom. The number of hydrogen-bond donors (Lipinski definition) is 1. The highest BCUT2D eigenvalue weighted by Crippen LogP contribution is 2.31. The predicted molar refractivity (Wildman–Crippen MR) is 80.9 cm³/mol. The third kappa shape index (κ3) is 4.32. The van der Waals surface area contributed by atoms with E-state index in [0.29, 0.717) is 0 Å². The van der Waals surface area contributed by atoms with Crippen molar-refractivity contribution in [3.63, 3.8) is 0 Å². The van der Waals surface area contributed by atoms with Crippen LogP contribution in [0.2, 0.25) is 0 Å². The third-order valence-electron chi connectivity index (χ3n) is 5.16. The summed E-state index contributed by atoms with van der Waals surface area (Å²) < 4.78 is 5.49. The molecule has 3 rings (SSSR count). The van der Waals surface area contributed by atoms with E-state index >= 15 is 0 Å². The zero-order valence-electron chi connectivity index (χ0n) is 12.0. The molecule has 3 saturated heterocycles. The molecular weight excluding hydrogens is 260 g/mol. The molecule has 3 heterocycles. The summed E-state index contributed by atoms with van der Waals surface area (Å²) in [5.74, 6) is 2.82. The van der Waals surface area contributed by atoms with Crippen molar-refractivity contribution in [2.45, 2.75) is 32.1 Å². The van der Waals surface area contributed by atoms with Gasteiger partial charge in [-0.1, -0.05) is 0 Å². The van der Waals surface area contributed by atoms with Crippen LogP contribution in [0.25, 0.3) is 0 Å². The number of rotatable bonds is 3. The first-order valence-corrected chi connectivity index (χ1v) is 7.92. The highest BCUT2D eigenvalue weighted by Gasteiger charge is 2.31. The fourth-order valence-corrected chi connectivity index (χ4v) is 4.05. The van der Waals surface area contributed by atoms with Crippen LogP contribution in [0.5, 0.6) is 0 Å². The third-order valence-corrected chi connectivity index (χ3v) is 5.16. The normalized spacial score (nSPS) is 34.1. The molecule has 0 aliphatic carbocycles. The summed E-state index contributed by atoms with van der Waals surface area (Å²) >= 11 is 0. The predicted octanol–water partition coefficient (Wildman–Crippen LogP) is 2.16. The van der Waals surface area contributed by atoms with Crippen molar-refractivity contribution in [2.24, 2.45) is 17.8 Å². The number of likely N-dealkylation sites (tertiary alicyclic amines) is 1. The number of ether oxygens (including phenoxy) is 1. The molecule has 1 N–H and O–H groups in total. The molecule has 0 amide bonds. The molecule has 2 unspecified atom stereocenters. The second kappa shape index (κ2) is 7.82. The Kier molecular flexibility index (Phi) is 6.40. The van der Waals surface area contributed by atoms with Gasteiger partial charge in [0.25, 0.3) is 0 Å². The van der Waals surface area contributed by atoms with Gasteiger partial charge in [0.05, 0.1) is 0 Å². The number of nitrogens with zero attached hydrogens (tertiary/aromatic N) is 1. The number of nitrogens with one attached hydrogen (secondary N) is 1. The lowest BCUT2D eigenvalue weighted by Gasteiger charge is -2.29. The minimum atomic E-state index is 0. The van der Waals surface area contributed by atoms with Crippen LogP contribution in [0.4, 0.5) is 0 Å². The molecule has 3 nitrogen and oxygen atoms in total. The smallest absolute Gasteiger partial charge is 0.0468 e. The lowest BCUT2D eigenvalue weighted by molar-refractivity contribution is 0.0475. The van der Waals surface area contributed by atoms with Crippen LogP contribution < -0.4 is 5.32 Å². The van der Waals surface area contributed by atoms with Crippen molar-refractivity contribution in [2.75, 3.05) is 45.9 Å². The average Bonchev–Trinajstić information content (AvgIpc) is 2.89. The highest BCUT2D eigenvalue weighted by atomic mass is 35.5. The van der Waals surface area contributed by atoms with Crippen LogP contribution in [-0.2, 0) is 4.74 Å². The van der Waals surface area contributed by atoms with Crippen LogP contribution in [0.3, 0.4) is 0 Å². The van der Waals surface area contributed by atoms with E-state index in [9.17, 15) is 0 Å². The molecule has 3 fully saturated rings. The zero-order chi connectivity index (χ0) is 12.2. The van der Waals surface area contributed by atoms with Crippen LogP contribution in [0.15, 0.2) is 0 Å². The van der Waals surface area contributed by atoms with E-state index in [-0.39, 0.29) is 12.4 Å². The van der Waals surface area contributed by atoms with Gasteiger partial charge in [-0.15, -0.1) is 12.4 Å². The lowest BCUT2D eigenvalue weighted by Crippen LogP contribution is -2.37. The molecule has 0 aromatic carbocycles. The minimum Gasteiger partial charge on any atom is -0.381 e. The van der Waals surface area contributed by atoms with Gasteiger partial charge in [0.2, 0.25) is 0 Å². The van der Waals surface area contributed by atoms with E-state index in [1.54, 1.807) is 0 Å². The first-order valence-electron chi connectivity index (χ1n) is 7.92. The molecule has 112 valence electrons. The van der Waals surface area contributed by atoms with Gasteiger partial charge in [-0.2, -0.15) is 0 Å². The Bertz CT molecular complexity index is 253. The summed E-state index contributed by atoms with van der Waals surface area (Å²) in [6, 6.07) is 0. The first-order chi connectivity index (χ1) is 8.92. The number of halogens is 1. The molecule has 0 saturated carbocycles. The van der Waals surface area contributed by atoms with E-state index in [2.05, 4.69) is 10.2 Å². The molecule has 4 heteroatoms. The quantitative estimate of drug-likeness (QED) is 0.861. The fourth-order valence-electron chi connectivity index (χ4n) is 4.05. The largest absolute Gasteiger partial charge is 0.381 e. The molecule has 0 aromatic rings. The Morgan fingerprint density at radius 2 is 1.89 bits per heavy atom. The van der Waals surface area contributed by atoms with Gasteiger partial charge in [0.1, 0.15) is 0 Å². The molecule has 0 bridgehead atoms. The molecule has 3 aliphatic rings. The zero-order valence-corrected chi connectivity index (χ0v) is 12.8. The van der Waals surface area contributed by atoms with Crippen LogP contribution >= 0.6 is 12.4 Å². The van der Waals surface area contributed by atoms with E-state index < -0.39 is 0 Å². The Labute approximate surface area is 123 Å². The van der Waals surface area contributed by atoms with Crippen molar-refractivity contribution < 1.29 is 4.74 Å². The SMILES string of the molecule is C1CNCC(CN2CCC(C3CCOCC3)C2)C1.Cl. The molecule has 0 spiro atoms. The lowest BCUT2D eigenvalue weighted by atomic mass is 9.85. The van der Waals surface area contributed by atoms with Crippen molar-refractivity contribution in [1.29, 1.82) is 0 Å². The minimum absolute atomic E-state index is 0. The van der Waals surface area contributed by atoms with E-state index in [0.717, 1.165) is 31.0 Å². The summed E-state index contributed by atoms with van der Waals surface area (Å²) in [7, 11) is 0. The molecule has 19 heavy (non-hydrogen) atoms. The second-order valence-corrected chi connectivity index (χ2v) is 6.47. The Morgan fingerprint density at radius 3 is 2.63 bits per heavy atom. The van der Waals surface area contributed by atoms with Crippen LogP contribution in [0, 0.1) is 17.8 Å². The summed E-state index contributed by atoms with van der Waals surface area (Å²) in [5.41, 5.74) is 0. The van der Waals surface area contributed by atoms with E-state index in [1.807, 2.05) is 0 Å². The van der Waals surface area contributed by atoms with Crippen LogP contribution in [-0.4, -0.2) is 50.8 Å². The van der Waals surface area contributed by atoms with Gasteiger partial charge in [-0.3, -0.25) is 0 Å².